The molecule has 1 aliphatic rings. The van der Waals surface area contributed by atoms with E-state index in [-0.39, 0.29) is 11.8 Å². The van der Waals surface area contributed by atoms with Crippen LogP contribution in [0.4, 0.5) is 0 Å². The van der Waals surface area contributed by atoms with E-state index in [0.29, 0.717) is 19.5 Å². The van der Waals surface area contributed by atoms with Gasteiger partial charge in [0.25, 0.3) is 0 Å². The van der Waals surface area contributed by atoms with Gasteiger partial charge in [-0.05, 0) is 12.5 Å². The molecule has 2 amide bonds. The predicted octanol–water partition coefficient (Wildman–Crippen LogP) is 0.166. The lowest BCUT2D eigenvalue weighted by Gasteiger charge is -2.30. The molecule has 108 valence electrons. The van der Waals surface area contributed by atoms with Crippen molar-refractivity contribution in [2.75, 3.05) is 26.2 Å². The molecule has 0 aromatic heterocycles. The van der Waals surface area contributed by atoms with Gasteiger partial charge >= 0.3 is 0 Å². The molecule has 1 atom stereocenters. The van der Waals surface area contributed by atoms with Crippen LogP contribution in [-0.2, 0) is 16.0 Å². The van der Waals surface area contributed by atoms with Crippen LogP contribution in [0.3, 0.4) is 0 Å². The molecule has 0 bridgehead atoms. The third-order valence-electron chi connectivity index (χ3n) is 3.38. The Balaban J connectivity index is 1.82. The Morgan fingerprint density at radius 3 is 2.55 bits per heavy atom. The maximum absolute atomic E-state index is 12.2. The van der Waals surface area contributed by atoms with Gasteiger partial charge in [0, 0.05) is 26.2 Å². The molecule has 2 N–H and O–H groups in total. The quantitative estimate of drug-likeness (QED) is 0.823. The van der Waals surface area contributed by atoms with E-state index in [2.05, 4.69) is 10.6 Å². The number of hydrogen-bond acceptors (Lipinski definition) is 3. The molecule has 0 saturated carbocycles. The van der Waals surface area contributed by atoms with Gasteiger partial charge in [0.2, 0.25) is 11.8 Å². The Kier molecular flexibility index (Phi) is 5.12. The van der Waals surface area contributed by atoms with Gasteiger partial charge in [-0.1, -0.05) is 30.3 Å². The summed E-state index contributed by atoms with van der Waals surface area (Å²) in [5.41, 5.74) is 0.951. The second kappa shape index (κ2) is 7.05. The SMILES string of the molecule is CC(NC(=O)Cc1ccccc1)C(=O)N1CCNCC1. The van der Waals surface area contributed by atoms with E-state index in [1.807, 2.05) is 30.3 Å². The largest absolute Gasteiger partial charge is 0.344 e. The van der Waals surface area contributed by atoms with E-state index >= 15 is 0 Å². The molecule has 1 aromatic carbocycles. The number of carbonyl (C=O) groups excluding carboxylic acids is 2. The molecule has 1 unspecified atom stereocenters. The monoisotopic (exact) mass is 275 g/mol. The zero-order chi connectivity index (χ0) is 14.4. The van der Waals surface area contributed by atoms with Crippen LogP contribution in [0.15, 0.2) is 30.3 Å². The normalized spacial score (nSPS) is 16.6. The minimum absolute atomic E-state index is 0.00656. The molecule has 2 rings (SSSR count). The van der Waals surface area contributed by atoms with Crippen LogP contribution < -0.4 is 10.6 Å². The first-order chi connectivity index (χ1) is 9.66. The Morgan fingerprint density at radius 1 is 1.25 bits per heavy atom. The third-order valence-corrected chi connectivity index (χ3v) is 3.38. The van der Waals surface area contributed by atoms with Crippen LogP contribution in [0.2, 0.25) is 0 Å². The zero-order valence-corrected chi connectivity index (χ0v) is 11.8. The first kappa shape index (κ1) is 14.5. The molecule has 5 nitrogen and oxygen atoms in total. The van der Waals surface area contributed by atoms with Crippen LogP contribution in [0.1, 0.15) is 12.5 Å². The van der Waals surface area contributed by atoms with Crippen LogP contribution >= 0.6 is 0 Å². The second-order valence-electron chi connectivity index (χ2n) is 5.03. The molecule has 5 heteroatoms. The summed E-state index contributed by atoms with van der Waals surface area (Å²) in [5.74, 6) is -0.125. The van der Waals surface area contributed by atoms with Gasteiger partial charge in [-0.2, -0.15) is 0 Å². The Labute approximate surface area is 119 Å². The smallest absolute Gasteiger partial charge is 0.244 e. The minimum Gasteiger partial charge on any atom is -0.344 e. The summed E-state index contributed by atoms with van der Waals surface area (Å²) < 4.78 is 0. The van der Waals surface area contributed by atoms with Gasteiger partial charge in [-0.3, -0.25) is 9.59 Å². The summed E-state index contributed by atoms with van der Waals surface area (Å²) in [6, 6.07) is 9.06. The van der Waals surface area contributed by atoms with E-state index in [4.69, 9.17) is 0 Å². The number of carbonyl (C=O) groups is 2. The number of rotatable bonds is 4. The van der Waals surface area contributed by atoms with Crippen molar-refractivity contribution in [1.82, 2.24) is 15.5 Å². The average molecular weight is 275 g/mol. The Morgan fingerprint density at radius 2 is 1.90 bits per heavy atom. The van der Waals surface area contributed by atoms with E-state index in [9.17, 15) is 9.59 Å². The lowest BCUT2D eigenvalue weighted by molar-refractivity contribution is -0.136. The predicted molar refractivity (Wildman–Crippen MR) is 77.2 cm³/mol. The Bertz CT molecular complexity index is 455. The van der Waals surface area contributed by atoms with E-state index in [1.54, 1.807) is 11.8 Å². The first-order valence-electron chi connectivity index (χ1n) is 6.99. The summed E-state index contributed by atoms with van der Waals surface area (Å²) in [4.78, 5) is 25.9. The second-order valence-corrected chi connectivity index (χ2v) is 5.03. The van der Waals surface area contributed by atoms with Crippen molar-refractivity contribution in [3.8, 4) is 0 Å². The highest BCUT2D eigenvalue weighted by molar-refractivity contribution is 5.88. The highest BCUT2D eigenvalue weighted by atomic mass is 16.2. The summed E-state index contributed by atoms with van der Waals surface area (Å²) in [6.07, 6.45) is 0.306. The fraction of sp³-hybridized carbons (Fsp3) is 0.467. The van der Waals surface area contributed by atoms with Gasteiger partial charge in [0.1, 0.15) is 6.04 Å². The molecule has 1 aromatic rings. The number of hydrogen-bond donors (Lipinski definition) is 2. The van der Waals surface area contributed by atoms with Crippen LogP contribution in [0.25, 0.3) is 0 Å². The topological polar surface area (TPSA) is 61.4 Å². The fourth-order valence-corrected chi connectivity index (χ4v) is 2.29. The van der Waals surface area contributed by atoms with Crippen molar-refractivity contribution >= 4 is 11.8 Å². The molecule has 1 aliphatic heterocycles. The summed E-state index contributed by atoms with van der Waals surface area (Å²) >= 11 is 0. The van der Waals surface area contributed by atoms with Crippen LogP contribution in [0.5, 0.6) is 0 Å². The molecule has 1 saturated heterocycles. The molecule has 0 aliphatic carbocycles. The maximum Gasteiger partial charge on any atom is 0.244 e. The molecular formula is C15H21N3O2. The highest BCUT2D eigenvalue weighted by Gasteiger charge is 2.23. The van der Waals surface area contributed by atoms with Gasteiger partial charge in [0.05, 0.1) is 6.42 Å². The van der Waals surface area contributed by atoms with Gasteiger partial charge in [-0.15, -0.1) is 0 Å². The fourth-order valence-electron chi connectivity index (χ4n) is 2.29. The van der Waals surface area contributed by atoms with E-state index in [0.717, 1.165) is 18.7 Å². The van der Waals surface area contributed by atoms with Gasteiger partial charge < -0.3 is 15.5 Å². The van der Waals surface area contributed by atoms with E-state index in [1.165, 1.54) is 0 Å². The summed E-state index contributed by atoms with van der Waals surface area (Å²) in [6.45, 7) is 4.79. The standard InChI is InChI=1S/C15H21N3O2/c1-12(15(20)18-9-7-16-8-10-18)17-14(19)11-13-5-3-2-4-6-13/h2-6,12,16H,7-11H2,1H3,(H,17,19). The van der Waals surface area contributed by atoms with Crippen molar-refractivity contribution in [3.05, 3.63) is 35.9 Å². The lowest BCUT2D eigenvalue weighted by atomic mass is 10.1. The molecular weight excluding hydrogens is 254 g/mol. The van der Waals surface area contributed by atoms with Gasteiger partial charge in [-0.25, -0.2) is 0 Å². The number of nitrogens with zero attached hydrogens (tertiary/aromatic N) is 1. The molecule has 1 heterocycles. The van der Waals surface area contributed by atoms with Crippen molar-refractivity contribution in [3.63, 3.8) is 0 Å². The molecule has 0 radical (unpaired) electrons. The molecule has 0 spiro atoms. The summed E-state index contributed by atoms with van der Waals surface area (Å²) in [5, 5.41) is 5.98. The lowest BCUT2D eigenvalue weighted by Crippen LogP contribution is -2.53. The van der Waals surface area contributed by atoms with Crippen LogP contribution in [0, 0.1) is 0 Å². The van der Waals surface area contributed by atoms with Crippen LogP contribution in [-0.4, -0.2) is 48.9 Å². The van der Waals surface area contributed by atoms with Crippen molar-refractivity contribution in [2.45, 2.75) is 19.4 Å². The van der Waals surface area contributed by atoms with Gasteiger partial charge in [0.15, 0.2) is 0 Å². The number of piperazine rings is 1. The zero-order valence-electron chi connectivity index (χ0n) is 11.8. The highest BCUT2D eigenvalue weighted by Crippen LogP contribution is 2.01. The number of nitrogens with one attached hydrogen (secondary N) is 2. The number of amides is 2. The van der Waals surface area contributed by atoms with Crippen molar-refractivity contribution in [2.24, 2.45) is 0 Å². The molecule has 20 heavy (non-hydrogen) atoms. The van der Waals surface area contributed by atoms with E-state index < -0.39 is 6.04 Å². The van der Waals surface area contributed by atoms with Crippen molar-refractivity contribution in [1.29, 1.82) is 0 Å². The minimum atomic E-state index is -0.468. The molecule has 1 fully saturated rings. The Hall–Kier alpha value is -1.88. The first-order valence-corrected chi connectivity index (χ1v) is 6.99. The third kappa shape index (κ3) is 4.06. The average Bonchev–Trinajstić information content (AvgIpc) is 2.48. The van der Waals surface area contributed by atoms with Crippen molar-refractivity contribution < 1.29 is 9.59 Å². The number of benzene rings is 1. The maximum atomic E-state index is 12.2. The summed E-state index contributed by atoms with van der Waals surface area (Å²) in [7, 11) is 0.